The number of nitrogens with two attached hydrogens (primary N) is 1. The lowest BCUT2D eigenvalue weighted by Crippen LogP contribution is -2.11. The Balaban J connectivity index is 0.000000214. The van der Waals surface area contributed by atoms with Crippen LogP contribution in [-0.2, 0) is 0 Å². The lowest BCUT2D eigenvalue weighted by Gasteiger charge is -2.20. The zero-order valence-electron chi connectivity index (χ0n) is 23.4. The van der Waals surface area contributed by atoms with Crippen LogP contribution in [0.4, 0.5) is 28.4 Å². The minimum atomic E-state index is 0.914. The highest BCUT2D eigenvalue weighted by molar-refractivity contribution is 9.10. The molecule has 0 saturated carbocycles. The van der Waals surface area contributed by atoms with E-state index in [1.165, 1.54) is 28.2 Å². The summed E-state index contributed by atoms with van der Waals surface area (Å²) in [6.45, 7) is 8.30. The molecule has 196 valence electrons. The lowest BCUT2D eigenvalue weighted by molar-refractivity contribution is 1.12. The first-order valence-corrected chi connectivity index (χ1v) is 13.1. The van der Waals surface area contributed by atoms with Crippen LogP contribution in [0.1, 0.15) is 22.3 Å². The molecule has 0 aliphatic heterocycles. The number of hydrogen-bond donors (Lipinski definition) is 2. The molecule has 4 aromatic carbocycles. The molecule has 4 nitrogen and oxygen atoms in total. The summed E-state index contributed by atoms with van der Waals surface area (Å²) in [6.07, 6.45) is 0. The molecule has 0 aliphatic rings. The Labute approximate surface area is 232 Å². The van der Waals surface area contributed by atoms with Crippen molar-refractivity contribution >= 4 is 44.4 Å². The van der Waals surface area contributed by atoms with Crippen LogP contribution >= 0.6 is 15.9 Å². The van der Waals surface area contributed by atoms with E-state index in [1.54, 1.807) is 0 Å². The van der Waals surface area contributed by atoms with Gasteiger partial charge in [0.25, 0.3) is 0 Å². The first-order valence-electron chi connectivity index (χ1n) is 12.4. The van der Waals surface area contributed by atoms with E-state index in [4.69, 9.17) is 5.73 Å². The molecule has 0 amide bonds. The summed E-state index contributed by atoms with van der Waals surface area (Å²) < 4.78 is 1.14. The summed E-state index contributed by atoms with van der Waals surface area (Å²) >= 11 is 3.46. The van der Waals surface area contributed by atoms with Crippen molar-refractivity contribution in [3.05, 3.63) is 112 Å². The lowest BCUT2D eigenvalue weighted by atomic mass is 10.1. The van der Waals surface area contributed by atoms with Crippen LogP contribution in [0.25, 0.3) is 0 Å². The van der Waals surface area contributed by atoms with E-state index in [0.717, 1.165) is 27.0 Å². The number of hydrogen-bond acceptors (Lipinski definition) is 4. The van der Waals surface area contributed by atoms with Gasteiger partial charge in [-0.3, -0.25) is 0 Å². The molecule has 5 heteroatoms. The average Bonchev–Trinajstić information content (AvgIpc) is 2.86. The van der Waals surface area contributed by atoms with Gasteiger partial charge < -0.3 is 20.9 Å². The van der Waals surface area contributed by atoms with Crippen molar-refractivity contribution in [3.63, 3.8) is 0 Å². The van der Waals surface area contributed by atoms with Gasteiger partial charge in [-0.2, -0.15) is 0 Å². The second kappa shape index (κ2) is 14.3. The number of halogens is 1. The third-order valence-electron chi connectivity index (χ3n) is 6.00. The van der Waals surface area contributed by atoms with Crippen molar-refractivity contribution < 1.29 is 0 Å². The number of para-hydroxylation sites is 5. The fourth-order valence-corrected chi connectivity index (χ4v) is 4.40. The summed E-state index contributed by atoms with van der Waals surface area (Å²) in [7, 11) is 8.18. The van der Waals surface area contributed by atoms with Crippen LogP contribution in [0, 0.1) is 27.7 Å². The Morgan fingerprint density at radius 1 is 0.568 bits per heavy atom. The molecule has 0 fully saturated rings. The Hall–Kier alpha value is -3.44. The van der Waals surface area contributed by atoms with E-state index in [9.17, 15) is 0 Å². The van der Waals surface area contributed by atoms with Gasteiger partial charge in [0.2, 0.25) is 0 Å². The highest BCUT2D eigenvalue weighted by atomic mass is 79.9. The molecule has 0 radical (unpaired) electrons. The van der Waals surface area contributed by atoms with E-state index in [0.29, 0.717) is 0 Å². The maximum absolute atomic E-state index is 5.68. The highest BCUT2D eigenvalue weighted by Gasteiger charge is 2.07. The molecule has 0 heterocycles. The summed E-state index contributed by atoms with van der Waals surface area (Å²) in [5, 5.41) is 3.55. The van der Waals surface area contributed by atoms with Gasteiger partial charge in [-0.25, -0.2) is 0 Å². The molecule has 0 atom stereocenters. The van der Waals surface area contributed by atoms with Crippen molar-refractivity contribution in [1.82, 2.24) is 0 Å². The van der Waals surface area contributed by atoms with Crippen LogP contribution in [0.3, 0.4) is 0 Å². The summed E-state index contributed by atoms with van der Waals surface area (Å²) in [6, 6.07) is 28.9. The Bertz CT molecular complexity index is 1240. The fraction of sp³-hybridized carbons (Fsp3) is 0.250. The first kappa shape index (κ1) is 29.8. The van der Waals surface area contributed by atoms with Gasteiger partial charge in [-0.05, 0) is 90.1 Å². The predicted octanol–water partition coefficient (Wildman–Crippen LogP) is 8.51. The predicted molar refractivity (Wildman–Crippen MR) is 169 cm³/mol. The van der Waals surface area contributed by atoms with E-state index < -0.39 is 0 Å². The van der Waals surface area contributed by atoms with E-state index in [2.05, 4.69) is 108 Å². The average molecular weight is 562 g/mol. The maximum atomic E-state index is 5.68. The van der Waals surface area contributed by atoms with Crippen LogP contribution in [0.15, 0.2) is 89.4 Å². The summed E-state index contributed by atoms with van der Waals surface area (Å²) in [4.78, 5) is 4.19. The minimum Gasteiger partial charge on any atom is -0.398 e. The van der Waals surface area contributed by atoms with Crippen molar-refractivity contribution in [2.24, 2.45) is 0 Å². The number of rotatable bonds is 4. The fourth-order valence-electron chi connectivity index (χ4n) is 3.76. The molecular formula is C32H41BrN4. The quantitative estimate of drug-likeness (QED) is 0.245. The van der Waals surface area contributed by atoms with Crippen molar-refractivity contribution in [2.75, 3.05) is 49.0 Å². The number of nitrogen functional groups attached to an aromatic ring is 1. The smallest absolute Gasteiger partial charge is 0.0622 e. The van der Waals surface area contributed by atoms with Gasteiger partial charge >= 0.3 is 0 Å². The van der Waals surface area contributed by atoms with Gasteiger partial charge in [0.15, 0.2) is 0 Å². The monoisotopic (exact) mass is 560 g/mol. The molecule has 4 aromatic rings. The number of anilines is 5. The highest BCUT2D eigenvalue weighted by Crippen LogP contribution is 2.30. The van der Waals surface area contributed by atoms with Gasteiger partial charge in [0.05, 0.1) is 17.1 Å². The van der Waals surface area contributed by atoms with Crippen molar-refractivity contribution in [3.8, 4) is 0 Å². The van der Waals surface area contributed by atoms with Crippen LogP contribution < -0.4 is 20.9 Å². The Kier molecular flexibility index (Phi) is 11.5. The normalized spacial score (nSPS) is 9.86. The third-order valence-corrected chi connectivity index (χ3v) is 6.67. The number of nitrogens with one attached hydrogen (secondary N) is 1. The molecule has 0 aliphatic carbocycles. The SMILES string of the molecule is CN(C)c1ccccc1Br.Cc1cccc(C)c1N.Cc1cccc(C)c1Nc1ccccc1N(C)C. The largest absolute Gasteiger partial charge is 0.398 e. The van der Waals surface area contributed by atoms with E-state index in [-0.39, 0.29) is 0 Å². The van der Waals surface area contributed by atoms with Crippen LogP contribution in [0.2, 0.25) is 0 Å². The maximum Gasteiger partial charge on any atom is 0.0622 e. The first-order chi connectivity index (χ1) is 17.5. The standard InChI is InChI=1S/C16H20N2.C8H10BrN.C8H11N/c1-12-8-7-9-13(2)16(12)17-14-10-5-6-11-15(14)18(3)4;1-10(2)8-6-4-3-5-7(8)9;1-6-4-3-5-7(2)8(6)9/h5-11,17H,1-4H3;3-6H,1-2H3;3-5H,9H2,1-2H3. The summed E-state index contributed by atoms with van der Waals surface area (Å²) in [5.41, 5.74) is 16.2. The topological polar surface area (TPSA) is 44.5 Å². The molecule has 0 spiro atoms. The third kappa shape index (κ3) is 8.87. The number of nitrogens with zero attached hydrogens (tertiary/aromatic N) is 2. The van der Waals surface area contributed by atoms with E-state index >= 15 is 0 Å². The molecule has 0 aromatic heterocycles. The van der Waals surface area contributed by atoms with Gasteiger partial charge in [0.1, 0.15) is 0 Å². The molecular weight excluding hydrogens is 520 g/mol. The zero-order chi connectivity index (χ0) is 27.5. The minimum absolute atomic E-state index is 0.914. The molecule has 3 N–H and O–H groups in total. The molecule has 0 unspecified atom stereocenters. The van der Waals surface area contributed by atoms with Crippen molar-refractivity contribution in [2.45, 2.75) is 27.7 Å². The van der Waals surface area contributed by atoms with Gasteiger partial charge in [-0.15, -0.1) is 0 Å². The van der Waals surface area contributed by atoms with Crippen molar-refractivity contribution in [1.29, 1.82) is 0 Å². The van der Waals surface area contributed by atoms with Gasteiger partial charge in [-0.1, -0.05) is 60.7 Å². The Morgan fingerprint density at radius 3 is 1.43 bits per heavy atom. The number of benzene rings is 4. The molecule has 0 saturated heterocycles. The van der Waals surface area contributed by atoms with E-state index in [1.807, 2.05) is 64.3 Å². The van der Waals surface area contributed by atoms with Gasteiger partial charge in [0, 0.05) is 44.0 Å². The molecule has 4 rings (SSSR count). The zero-order valence-corrected chi connectivity index (χ0v) is 25.0. The molecule has 0 bridgehead atoms. The second-order valence-electron chi connectivity index (χ2n) is 9.45. The second-order valence-corrected chi connectivity index (χ2v) is 10.3. The van der Waals surface area contributed by atoms with Crippen LogP contribution in [-0.4, -0.2) is 28.2 Å². The number of aryl methyl sites for hydroxylation is 4. The molecule has 37 heavy (non-hydrogen) atoms. The Morgan fingerprint density at radius 2 is 1.00 bits per heavy atom. The summed E-state index contributed by atoms with van der Waals surface area (Å²) in [5.74, 6) is 0. The van der Waals surface area contributed by atoms with Crippen LogP contribution in [0.5, 0.6) is 0 Å².